The molecule has 1 aliphatic carbocycles. The van der Waals surface area contributed by atoms with Crippen molar-refractivity contribution in [2.24, 2.45) is 50.5 Å². The molecule has 10 nitrogen and oxygen atoms in total. The van der Waals surface area contributed by atoms with Crippen LogP contribution in [0.25, 0.3) is 17.4 Å². The predicted molar refractivity (Wildman–Crippen MR) is 265 cm³/mol. The van der Waals surface area contributed by atoms with Gasteiger partial charge >= 0.3 is 35.0 Å². The van der Waals surface area contributed by atoms with Crippen LogP contribution in [0.15, 0.2) is 90.0 Å². The standard InChI is InChI=1S/C55H74N4O6.Mg/c1-13-39-34(7)41-29-46-48(38(11)60)36(9)43(57-46)27-42-35(8)40(52(58-42)50-51(55(63)64-12)54(62)49-37(10)44(59-53(49)50)28-45(39)56-41)23-24-47(61)65-26-25-33(6)22-16-21-32(5)20-15-19-31(4)18-14-17-30(2)3;/h21,25,27-31,34-35,39-40,59-60,62H,13-20,22-24,26H2,1-12H3;/q;+2/p-2/b32-21+,33-25+,41-29?,42-27?,44-28?,48-38?;/t31-,34-,35+,39-,40+;/m1./s1. The van der Waals surface area contributed by atoms with Crippen molar-refractivity contribution in [1.82, 2.24) is 4.98 Å². The SMILES string of the molecule is CC[C@H]1C2=NC(=CC3=NC(=C(C)C3=C(C)[O-])C=C3N=C(C4=c5[nH]c(c(C)c5C([O-])=C4C(=O)OC)=C2)[C@@H](CCC(=O)OC/C=C(\C)CC/C=C(\C)CCC[C@H](C)CCCC(C)C)[C@@H]3C)[C@@H]1C.[Mg+2]. The first kappa shape index (κ1) is 52.5. The molecule has 66 heavy (non-hydrogen) atoms. The minimum atomic E-state index is -0.746. The van der Waals surface area contributed by atoms with E-state index in [-0.39, 0.29) is 77.1 Å². The van der Waals surface area contributed by atoms with Crippen LogP contribution >= 0.6 is 0 Å². The Hall–Kier alpha value is -4.48. The number of nitrogens with zero attached hydrogens (tertiary/aromatic N) is 3. The molecule has 0 unspecified atom stereocenters. The molecule has 1 aromatic heterocycles. The number of carbonyl (C=O) groups is 2. The largest absolute Gasteiger partial charge is 2.00 e. The number of hydrogen-bond donors (Lipinski definition) is 1. The van der Waals surface area contributed by atoms with Gasteiger partial charge in [0.05, 0.1) is 35.2 Å². The van der Waals surface area contributed by atoms with Gasteiger partial charge in [0.15, 0.2) is 0 Å². The number of aromatic amines is 1. The zero-order chi connectivity index (χ0) is 47.3. The van der Waals surface area contributed by atoms with Crippen LogP contribution in [0.2, 0.25) is 0 Å². The zero-order valence-electron chi connectivity index (χ0n) is 41.8. The number of hydrogen-bond acceptors (Lipinski definition) is 9. The first-order chi connectivity index (χ1) is 30.9. The van der Waals surface area contributed by atoms with E-state index in [1.54, 1.807) is 6.92 Å². The average Bonchev–Trinajstić information content (AvgIpc) is 4.00. The molecule has 1 N–H and O–H groups in total. The number of nitrogens with one attached hydrogen (secondary N) is 1. The fourth-order valence-corrected chi connectivity index (χ4v) is 10.2. The van der Waals surface area contributed by atoms with Crippen LogP contribution in [0, 0.1) is 42.4 Å². The van der Waals surface area contributed by atoms with Gasteiger partial charge in [-0.3, -0.25) is 14.8 Å². The number of methoxy groups -OCH3 is 1. The van der Waals surface area contributed by atoms with E-state index >= 15 is 0 Å². The van der Waals surface area contributed by atoms with Crippen molar-refractivity contribution in [3.8, 4) is 0 Å². The number of fused-ring (bicyclic) bond motifs is 5. The molecule has 1 aromatic rings. The minimum Gasteiger partial charge on any atom is -0.875 e. The van der Waals surface area contributed by atoms with E-state index in [0.29, 0.717) is 56.9 Å². The molecule has 5 atom stereocenters. The fourth-order valence-electron chi connectivity index (χ4n) is 10.2. The normalized spacial score (nSPS) is 22.7. The van der Waals surface area contributed by atoms with Gasteiger partial charge in [0.1, 0.15) is 6.61 Å². The molecule has 11 heteroatoms. The van der Waals surface area contributed by atoms with E-state index in [1.165, 1.54) is 50.4 Å². The Morgan fingerprint density at radius 3 is 2.24 bits per heavy atom. The maximum absolute atomic E-state index is 14.4. The molecule has 8 bridgehead atoms. The van der Waals surface area contributed by atoms with Crippen LogP contribution in [-0.4, -0.2) is 70.8 Å². The molecule has 0 spiro atoms. The molecule has 0 radical (unpaired) electrons. The third-order valence-corrected chi connectivity index (χ3v) is 14.3. The Morgan fingerprint density at radius 2 is 1.56 bits per heavy atom. The molecule has 0 saturated carbocycles. The number of H-pyrrole nitrogens is 1. The summed E-state index contributed by atoms with van der Waals surface area (Å²) in [6.45, 7) is 23.1. The van der Waals surface area contributed by atoms with Gasteiger partial charge in [-0.15, -0.1) is 5.76 Å². The Balaban J connectivity index is 0.00000817. The van der Waals surface area contributed by atoms with Crippen molar-refractivity contribution < 1.29 is 29.3 Å². The van der Waals surface area contributed by atoms with Gasteiger partial charge in [-0.05, 0) is 125 Å². The second kappa shape index (κ2) is 23.0. The van der Waals surface area contributed by atoms with Crippen molar-refractivity contribution in [1.29, 1.82) is 0 Å². The quantitative estimate of drug-likeness (QED) is 0.0674. The number of carbonyl (C=O) groups excluding carboxylic acids is 2. The summed E-state index contributed by atoms with van der Waals surface area (Å²) >= 11 is 0. The number of esters is 2. The van der Waals surface area contributed by atoms with Crippen LogP contribution in [0.1, 0.15) is 151 Å². The summed E-state index contributed by atoms with van der Waals surface area (Å²) in [4.78, 5) is 45.8. The summed E-state index contributed by atoms with van der Waals surface area (Å²) in [6, 6.07) is 0. The number of rotatable bonds is 18. The Labute approximate surface area is 409 Å². The van der Waals surface area contributed by atoms with E-state index in [0.717, 1.165) is 59.9 Å². The predicted octanol–water partition coefficient (Wildman–Crippen LogP) is 8.73. The molecular weight excluding hydrogens is 837 g/mol. The molecule has 4 aliphatic heterocycles. The van der Waals surface area contributed by atoms with Crippen LogP contribution in [0.4, 0.5) is 0 Å². The fraction of sp³-hybridized carbons (Fsp3) is 0.545. The van der Waals surface area contributed by atoms with E-state index in [4.69, 9.17) is 24.5 Å². The molecular formula is C55H72MgN4O6. The Morgan fingerprint density at radius 1 is 0.879 bits per heavy atom. The Bertz CT molecular complexity index is 2510. The maximum atomic E-state index is 14.4. The van der Waals surface area contributed by atoms with Gasteiger partial charge in [-0.1, -0.05) is 97.1 Å². The monoisotopic (exact) mass is 909 g/mol. The first-order valence-corrected chi connectivity index (χ1v) is 24.2. The van der Waals surface area contributed by atoms with Gasteiger partial charge in [0.25, 0.3) is 0 Å². The zero-order valence-corrected chi connectivity index (χ0v) is 43.2. The number of aromatic nitrogens is 1. The number of ether oxygens (including phenoxy) is 2. The van der Waals surface area contributed by atoms with E-state index in [9.17, 15) is 19.8 Å². The third kappa shape index (κ3) is 11.6. The Kier molecular flexibility index (Phi) is 18.3. The molecule has 0 amide bonds. The summed E-state index contributed by atoms with van der Waals surface area (Å²) < 4.78 is 11.0. The van der Waals surface area contributed by atoms with E-state index in [1.807, 2.05) is 45.1 Å². The van der Waals surface area contributed by atoms with Crippen LogP contribution in [-0.2, 0) is 19.1 Å². The topological polar surface area (TPSA) is 152 Å². The molecule has 350 valence electrons. The van der Waals surface area contributed by atoms with E-state index < -0.39 is 11.7 Å². The van der Waals surface area contributed by atoms with Crippen molar-refractivity contribution >= 4 is 69.5 Å². The van der Waals surface area contributed by atoms with Crippen molar-refractivity contribution in [3.63, 3.8) is 0 Å². The van der Waals surface area contributed by atoms with Crippen molar-refractivity contribution in [2.75, 3.05) is 13.7 Å². The van der Waals surface area contributed by atoms with Crippen LogP contribution in [0.5, 0.6) is 0 Å². The van der Waals surface area contributed by atoms with Gasteiger partial charge in [0.2, 0.25) is 0 Å². The molecule has 5 aliphatic rings. The number of allylic oxidation sites excluding steroid dienone is 10. The third-order valence-electron chi connectivity index (χ3n) is 14.3. The summed E-state index contributed by atoms with van der Waals surface area (Å²) in [5, 5.41) is 28.8. The van der Waals surface area contributed by atoms with Crippen molar-refractivity contribution in [3.05, 3.63) is 96.8 Å². The minimum absolute atomic E-state index is 0. The van der Waals surface area contributed by atoms with Crippen LogP contribution in [0.3, 0.4) is 0 Å². The average molecular weight is 910 g/mol. The molecule has 0 saturated heterocycles. The number of aliphatic imine (C=N–C) groups is 3. The van der Waals surface area contributed by atoms with Crippen molar-refractivity contribution in [2.45, 2.75) is 147 Å². The molecule has 0 fully saturated rings. The second-order valence-corrected chi connectivity index (χ2v) is 19.6. The smallest absolute Gasteiger partial charge is 0.875 e. The van der Waals surface area contributed by atoms with Gasteiger partial charge in [-0.2, -0.15) is 0 Å². The summed E-state index contributed by atoms with van der Waals surface area (Å²) in [5.41, 5.74) is 9.40. The van der Waals surface area contributed by atoms with Gasteiger partial charge < -0.3 is 24.7 Å². The van der Waals surface area contributed by atoms with E-state index in [2.05, 4.69) is 59.5 Å². The van der Waals surface area contributed by atoms with Gasteiger partial charge in [-0.25, -0.2) is 9.79 Å². The first-order valence-electron chi connectivity index (χ1n) is 24.2. The summed E-state index contributed by atoms with van der Waals surface area (Å²) in [5.74, 6) is -0.489. The molecule has 6 rings (SSSR count). The van der Waals surface area contributed by atoms with Gasteiger partial charge in [0, 0.05) is 58.1 Å². The second-order valence-electron chi connectivity index (χ2n) is 19.6. The summed E-state index contributed by atoms with van der Waals surface area (Å²) in [6.07, 6.45) is 20.9. The maximum Gasteiger partial charge on any atom is 2.00 e. The molecule has 5 heterocycles. The van der Waals surface area contributed by atoms with Crippen LogP contribution < -0.4 is 20.9 Å². The summed E-state index contributed by atoms with van der Waals surface area (Å²) in [7, 11) is 1.27. The molecule has 0 aromatic carbocycles.